The van der Waals surface area contributed by atoms with Gasteiger partial charge in [0.25, 0.3) is 5.91 Å². The van der Waals surface area contributed by atoms with E-state index in [1.807, 2.05) is 48.5 Å². The molecule has 116 valence electrons. The number of hydrogen-bond acceptors (Lipinski definition) is 4. The molecule has 0 aliphatic heterocycles. The van der Waals surface area contributed by atoms with Crippen molar-refractivity contribution in [2.75, 3.05) is 5.32 Å². The van der Waals surface area contributed by atoms with E-state index in [0.29, 0.717) is 5.69 Å². The topological polar surface area (TPSA) is 83.6 Å². The first-order valence-corrected chi connectivity index (χ1v) is 7.44. The molecule has 0 saturated carbocycles. The van der Waals surface area contributed by atoms with Crippen LogP contribution in [-0.4, -0.2) is 26.3 Å². The number of carbonyl (C=O) groups excluding carboxylic acids is 1. The summed E-state index contributed by atoms with van der Waals surface area (Å²) in [6.45, 7) is 0. The molecule has 24 heavy (non-hydrogen) atoms. The molecule has 0 radical (unpaired) electrons. The minimum atomic E-state index is -0.290. The van der Waals surface area contributed by atoms with E-state index in [1.54, 1.807) is 18.3 Å². The monoisotopic (exact) mass is 315 g/mol. The van der Waals surface area contributed by atoms with E-state index in [-0.39, 0.29) is 11.6 Å². The second-order valence-electron chi connectivity index (χ2n) is 5.26. The predicted octanol–water partition coefficient (Wildman–Crippen LogP) is 3.27. The average molecular weight is 315 g/mol. The zero-order chi connectivity index (χ0) is 16.4. The Bertz CT molecular complexity index is 993. The summed E-state index contributed by atoms with van der Waals surface area (Å²) >= 11 is 0. The van der Waals surface area contributed by atoms with E-state index in [1.165, 1.54) is 0 Å². The van der Waals surface area contributed by atoms with Gasteiger partial charge in [-0.2, -0.15) is 5.10 Å². The number of anilines is 1. The molecule has 0 spiro atoms. The molecule has 4 rings (SSSR count). The summed E-state index contributed by atoms with van der Waals surface area (Å²) in [7, 11) is 0. The number of para-hydroxylation sites is 1. The number of nitrogens with one attached hydrogen (secondary N) is 2. The SMILES string of the molecule is O=C(Nc1ccccc1)c1ccc(-c2cccc3[nH]ncc23)nn1. The number of nitrogens with zero attached hydrogens (tertiary/aromatic N) is 3. The fourth-order valence-electron chi connectivity index (χ4n) is 2.51. The van der Waals surface area contributed by atoms with Gasteiger partial charge in [0.1, 0.15) is 0 Å². The summed E-state index contributed by atoms with van der Waals surface area (Å²) in [6.07, 6.45) is 1.75. The average Bonchev–Trinajstić information content (AvgIpc) is 3.11. The van der Waals surface area contributed by atoms with Crippen molar-refractivity contribution in [3.63, 3.8) is 0 Å². The Kier molecular flexibility index (Phi) is 3.47. The van der Waals surface area contributed by atoms with E-state index in [2.05, 4.69) is 25.7 Å². The van der Waals surface area contributed by atoms with Gasteiger partial charge in [0, 0.05) is 16.6 Å². The molecular formula is C18H13N5O. The maximum atomic E-state index is 12.2. The van der Waals surface area contributed by atoms with Gasteiger partial charge < -0.3 is 5.32 Å². The molecule has 2 N–H and O–H groups in total. The first kappa shape index (κ1) is 14.1. The standard InChI is InChI=1S/C18H13N5O/c24-18(20-12-5-2-1-3-6-12)17-10-9-16(22-23-17)13-7-4-8-15-14(13)11-19-21-15/h1-11H,(H,19,21)(H,20,24). The molecule has 2 heterocycles. The maximum absolute atomic E-state index is 12.2. The van der Waals surface area contributed by atoms with Crippen LogP contribution in [0, 0.1) is 0 Å². The van der Waals surface area contributed by atoms with Crippen molar-refractivity contribution in [3.8, 4) is 11.3 Å². The number of aromatic amines is 1. The molecule has 0 atom stereocenters. The lowest BCUT2D eigenvalue weighted by atomic mass is 10.1. The first-order chi connectivity index (χ1) is 11.8. The van der Waals surface area contributed by atoms with Crippen LogP contribution in [0.4, 0.5) is 5.69 Å². The van der Waals surface area contributed by atoms with Crippen LogP contribution in [0.3, 0.4) is 0 Å². The molecule has 0 saturated heterocycles. The Balaban J connectivity index is 1.61. The van der Waals surface area contributed by atoms with Gasteiger partial charge in [0.05, 0.1) is 17.4 Å². The van der Waals surface area contributed by atoms with Gasteiger partial charge in [-0.05, 0) is 30.3 Å². The van der Waals surface area contributed by atoms with Crippen LogP contribution in [-0.2, 0) is 0 Å². The van der Waals surface area contributed by atoms with E-state index < -0.39 is 0 Å². The van der Waals surface area contributed by atoms with E-state index >= 15 is 0 Å². The molecule has 2 aromatic heterocycles. The van der Waals surface area contributed by atoms with Crippen molar-refractivity contribution in [2.45, 2.75) is 0 Å². The van der Waals surface area contributed by atoms with Crippen LogP contribution in [0.5, 0.6) is 0 Å². The highest BCUT2D eigenvalue weighted by atomic mass is 16.1. The first-order valence-electron chi connectivity index (χ1n) is 7.44. The zero-order valence-electron chi connectivity index (χ0n) is 12.6. The summed E-state index contributed by atoms with van der Waals surface area (Å²) in [6, 6.07) is 18.5. The van der Waals surface area contributed by atoms with Crippen LogP contribution < -0.4 is 5.32 Å². The third-order valence-corrected chi connectivity index (χ3v) is 3.69. The van der Waals surface area contributed by atoms with Crippen LogP contribution in [0.2, 0.25) is 0 Å². The van der Waals surface area contributed by atoms with Gasteiger partial charge in [0.15, 0.2) is 5.69 Å². The molecule has 6 nitrogen and oxygen atoms in total. The smallest absolute Gasteiger partial charge is 0.276 e. The van der Waals surface area contributed by atoms with Crippen molar-refractivity contribution in [3.05, 3.63) is 72.6 Å². The predicted molar refractivity (Wildman–Crippen MR) is 91.5 cm³/mol. The van der Waals surface area contributed by atoms with Crippen LogP contribution in [0.25, 0.3) is 22.2 Å². The third kappa shape index (κ3) is 2.61. The van der Waals surface area contributed by atoms with Gasteiger partial charge in [-0.1, -0.05) is 30.3 Å². The van der Waals surface area contributed by atoms with Crippen LogP contribution in [0.1, 0.15) is 10.5 Å². The Morgan fingerprint density at radius 2 is 1.79 bits per heavy atom. The fourth-order valence-corrected chi connectivity index (χ4v) is 2.51. The lowest BCUT2D eigenvalue weighted by Crippen LogP contribution is -2.14. The highest BCUT2D eigenvalue weighted by Gasteiger charge is 2.11. The molecular weight excluding hydrogens is 302 g/mol. The summed E-state index contributed by atoms with van der Waals surface area (Å²) in [5.74, 6) is -0.290. The minimum absolute atomic E-state index is 0.266. The number of rotatable bonds is 3. The zero-order valence-corrected chi connectivity index (χ0v) is 12.6. The van der Waals surface area contributed by atoms with Crippen LogP contribution in [0.15, 0.2) is 66.9 Å². The second-order valence-corrected chi connectivity index (χ2v) is 5.26. The van der Waals surface area contributed by atoms with E-state index in [9.17, 15) is 4.79 Å². The highest BCUT2D eigenvalue weighted by molar-refractivity contribution is 6.03. The fraction of sp³-hybridized carbons (Fsp3) is 0. The Hall–Kier alpha value is -3.54. The van der Waals surface area contributed by atoms with Gasteiger partial charge in [-0.25, -0.2) is 0 Å². The van der Waals surface area contributed by atoms with Crippen LogP contribution >= 0.6 is 0 Å². The number of fused-ring (bicyclic) bond motifs is 1. The molecule has 6 heteroatoms. The summed E-state index contributed by atoms with van der Waals surface area (Å²) in [5.41, 5.74) is 3.53. The van der Waals surface area contributed by atoms with Crippen molar-refractivity contribution >= 4 is 22.5 Å². The quantitative estimate of drug-likeness (QED) is 0.608. The lowest BCUT2D eigenvalue weighted by molar-refractivity contribution is 0.102. The molecule has 0 bridgehead atoms. The van der Waals surface area contributed by atoms with Crippen molar-refractivity contribution in [1.82, 2.24) is 20.4 Å². The summed E-state index contributed by atoms with van der Waals surface area (Å²) in [5, 5.41) is 19.0. The number of carbonyl (C=O) groups is 1. The second kappa shape index (κ2) is 5.92. The third-order valence-electron chi connectivity index (χ3n) is 3.69. The number of benzene rings is 2. The van der Waals surface area contributed by atoms with Gasteiger partial charge in [-0.15, -0.1) is 10.2 Å². The minimum Gasteiger partial charge on any atom is -0.321 e. The van der Waals surface area contributed by atoms with Crippen molar-refractivity contribution < 1.29 is 4.79 Å². The molecule has 2 aromatic carbocycles. The van der Waals surface area contributed by atoms with Gasteiger partial charge in [-0.3, -0.25) is 9.89 Å². The number of amides is 1. The van der Waals surface area contributed by atoms with E-state index in [0.717, 1.165) is 22.2 Å². The van der Waals surface area contributed by atoms with E-state index in [4.69, 9.17) is 0 Å². The number of H-pyrrole nitrogens is 1. The number of hydrogen-bond donors (Lipinski definition) is 2. The maximum Gasteiger partial charge on any atom is 0.276 e. The summed E-state index contributed by atoms with van der Waals surface area (Å²) < 4.78 is 0. The molecule has 0 aliphatic carbocycles. The summed E-state index contributed by atoms with van der Waals surface area (Å²) in [4.78, 5) is 12.2. The Labute approximate surface area is 137 Å². The van der Waals surface area contributed by atoms with Gasteiger partial charge in [0.2, 0.25) is 0 Å². The normalized spacial score (nSPS) is 10.7. The molecule has 0 fully saturated rings. The largest absolute Gasteiger partial charge is 0.321 e. The van der Waals surface area contributed by atoms with Crippen molar-refractivity contribution in [1.29, 1.82) is 0 Å². The van der Waals surface area contributed by atoms with Crippen molar-refractivity contribution in [2.24, 2.45) is 0 Å². The Morgan fingerprint density at radius 3 is 2.58 bits per heavy atom. The lowest BCUT2D eigenvalue weighted by Gasteiger charge is -2.05. The molecule has 1 amide bonds. The molecule has 4 aromatic rings. The molecule has 0 aliphatic rings. The number of aromatic nitrogens is 4. The highest BCUT2D eigenvalue weighted by Crippen LogP contribution is 2.25. The van der Waals surface area contributed by atoms with Gasteiger partial charge >= 0.3 is 0 Å². The Morgan fingerprint density at radius 1 is 0.917 bits per heavy atom. The molecule has 0 unspecified atom stereocenters.